The van der Waals surface area contributed by atoms with Crippen LogP contribution >= 0.6 is 11.8 Å². The number of aryl methyl sites for hydroxylation is 2. The molecule has 2 N–H and O–H groups in total. The molecular formula is C24H26N2O5S2. The summed E-state index contributed by atoms with van der Waals surface area (Å²) in [7, 11) is -0.631. The molecule has 3 rings (SSSR count). The van der Waals surface area contributed by atoms with Crippen LogP contribution in [0.4, 0.5) is 11.4 Å². The minimum Gasteiger partial charge on any atom is -0.493 e. The van der Waals surface area contributed by atoms with Crippen LogP contribution in [-0.4, -0.2) is 34.3 Å². The summed E-state index contributed by atoms with van der Waals surface area (Å²) in [6.07, 6.45) is 0. The molecule has 0 heterocycles. The molecule has 0 unspecified atom stereocenters. The first kappa shape index (κ1) is 24.5. The van der Waals surface area contributed by atoms with Gasteiger partial charge in [0.25, 0.3) is 10.0 Å². The number of nitrogens with one attached hydrogen (secondary N) is 2. The maximum Gasteiger partial charge on any atom is 0.261 e. The minimum absolute atomic E-state index is 0.114. The van der Waals surface area contributed by atoms with Gasteiger partial charge in [-0.15, -0.1) is 11.8 Å². The van der Waals surface area contributed by atoms with E-state index in [0.29, 0.717) is 22.9 Å². The standard InChI is InChI=1S/C24H26N2O5S2/c1-16-6-5-7-17(2)24(16)26-33(28,29)20-11-8-18(9-12-20)25-23(27)15-32-19-10-13-21(30-3)22(14-19)31-4/h5-14,26H,15H2,1-4H3,(H,25,27). The van der Waals surface area contributed by atoms with Crippen molar-refractivity contribution in [1.82, 2.24) is 0 Å². The summed E-state index contributed by atoms with van der Waals surface area (Å²) in [6.45, 7) is 3.70. The van der Waals surface area contributed by atoms with Crippen LogP contribution in [0.15, 0.2) is 70.5 Å². The van der Waals surface area contributed by atoms with Crippen molar-refractivity contribution in [2.75, 3.05) is 30.0 Å². The summed E-state index contributed by atoms with van der Waals surface area (Å²) in [5, 5.41) is 2.78. The van der Waals surface area contributed by atoms with Crippen molar-refractivity contribution in [2.45, 2.75) is 23.6 Å². The van der Waals surface area contributed by atoms with Gasteiger partial charge in [-0.05, 0) is 67.4 Å². The van der Waals surface area contributed by atoms with Gasteiger partial charge in [0.15, 0.2) is 11.5 Å². The number of para-hydroxylation sites is 1. The van der Waals surface area contributed by atoms with Gasteiger partial charge in [0, 0.05) is 10.6 Å². The molecule has 33 heavy (non-hydrogen) atoms. The first-order chi connectivity index (χ1) is 15.7. The van der Waals surface area contributed by atoms with E-state index < -0.39 is 10.0 Å². The lowest BCUT2D eigenvalue weighted by Gasteiger charge is -2.13. The number of anilines is 2. The fourth-order valence-electron chi connectivity index (χ4n) is 3.14. The molecule has 0 bridgehead atoms. The van der Waals surface area contributed by atoms with Gasteiger partial charge in [0.2, 0.25) is 5.91 Å². The molecule has 0 spiro atoms. The summed E-state index contributed by atoms with van der Waals surface area (Å²) < 4.78 is 38.7. The topological polar surface area (TPSA) is 93.7 Å². The predicted molar refractivity (Wildman–Crippen MR) is 132 cm³/mol. The molecule has 1 amide bonds. The molecule has 7 nitrogen and oxygen atoms in total. The van der Waals surface area contributed by atoms with Crippen LogP contribution < -0.4 is 19.5 Å². The van der Waals surface area contributed by atoms with E-state index in [1.165, 1.54) is 23.9 Å². The fourth-order valence-corrected chi connectivity index (χ4v) is 5.07. The third kappa shape index (κ3) is 6.21. The van der Waals surface area contributed by atoms with Crippen LogP contribution in [-0.2, 0) is 14.8 Å². The number of hydrogen-bond donors (Lipinski definition) is 2. The Labute approximate surface area is 198 Å². The molecule has 9 heteroatoms. The summed E-state index contributed by atoms with van der Waals surface area (Å²) in [6, 6.07) is 17.1. The van der Waals surface area contributed by atoms with Gasteiger partial charge in [-0.2, -0.15) is 0 Å². The zero-order chi connectivity index (χ0) is 24.0. The number of sulfonamides is 1. The molecule has 3 aromatic rings. The molecule has 0 fully saturated rings. The van der Waals surface area contributed by atoms with Gasteiger partial charge in [-0.1, -0.05) is 18.2 Å². The number of carbonyl (C=O) groups is 1. The highest BCUT2D eigenvalue weighted by Gasteiger charge is 2.17. The second-order valence-electron chi connectivity index (χ2n) is 7.25. The molecule has 0 saturated heterocycles. The molecule has 174 valence electrons. The Morgan fingerprint density at radius 1 is 0.909 bits per heavy atom. The second kappa shape index (κ2) is 10.6. The van der Waals surface area contributed by atoms with Crippen molar-refractivity contribution in [3.63, 3.8) is 0 Å². The Balaban J connectivity index is 1.61. The summed E-state index contributed by atoms with van der Waals surface area (Å²) in [5.41, 5.74) is 2.77. The molecule has 0 aliphatic rings. The Kier molecular flexibility index (Phi) is 7.88. The average Bonchev–Trinajstić information content (AvgIpc) is 2.80. The molecule has 0 atom stereocenters. The zero-order valence-electron chi connectivity index (χ0n) is 18.8. The Morgan fingerprint density at radius 3 is 2.15 bits per heavy atom. The lowest BCUT2D eigenvalue weighted by Crippen LogP contribution is -2.16. The Morgan fingerprint density at radius 2 is 1.55 bits per heavy atom. The number of amides is 1. The van der Waals surface area contributed by atoms with E-state index in [2.05, 4.69) is 10.0 Å². The summed E-state index contributed by atoms with van der Waals surface area (Å²) in [5.74, 6) is 1.19. The quantitative estimate of drug-likeness (QED) is 0.420. The van der Waals surface area contributed by atoms with Gasteiger partial charge >= 0.3 is 0 Å². The number of carbonyl (C=O) groups excluding carboxylic acids is 1. The number of methoxy groups -OCH3 is 2. The smallest absolute Gasteiger partial charge is 0.261 e. The van der Waals surface area contributed by atoms with Crippen molar-refractivity contribution in [2.24, 2.45) is 0 Å². The summed E-state index contributed by atoms with van der Waals surface area (Å²) in [4.78, 5) is 13.3. The van der Waals surface area contributed by atoms with Gasteiger partial charge in [0.05, 0.1) is 30.6 Å². The number of benzene rings is 3. The number of thioether (sulfide) groups is 1. The largest absolute Gasteiger partial charge is 0.493 e. The molecule has 0 saturated carbocycles. The van der Waals surface area contributed by atoms with E-state index in [-0.39, 0.29) is 16.6 Å². The van der Waals surface area contributed by atoms with Gasteiger partial charge < -0.3 is 14.8 Å². The van der Waals surface area contributed by atoms with Crippen molar-refractivity contribution < 1.29 is 22.7 Å². The van der Waals surface area contributed by atoms with Crippen molar-refractivity contribution in [3.05, 3.63) is 71.8 Å². The number of hydrogen-bond acceptors (Lipinski definition) is 6. The van der Waals surface area contributed by atoms with Gasteiger partial charge in [-0.3, -0.25) is 9.52 Å². The monoisotopic (exact) mass is 486 g/mol. The fraction of sp³-hybridized carbons (Fsp3) is 0.208. The van der Waals surface area contributed by atoms with Crippen molar-refractivity contribution >= 4 is 39.1 Å². The lowest BCUT2D eigenvalue weighted by atomic mass is 10.1. The zero-order valence-corrected chi connectivity index (χ0v) is 20.5. The third-order valence-electron chi connectivity index (χ3n) is 4.89. The highest BCUT2D eigenvalue weighted by molar-refractivity contribution is 8.00. The van der Waals surface area contributed by atoms with E-state index in [4.69, 9.17) is 9.47 Å². The highest BCUT2D eigenvalue weighted by atomic mass is 32.2. The maximum absolute atomic E-state index is 12.8. The average molecular weight is 487 g/mol. The van der Waals surface area contributed by atoms with Crippen LogP contribution in [0.1, 0.15) is 11.1 Å². The molecule has 0 aromatic heterocycles. The molecular weight excluding hydrogens is 460 g/mol. The normalized spacial score (nSPS) is 11.0. The molecule has 3 aromatic carbocycles. The number of rotatable bonds is 9. The lowest BCUT2D eigenvalue weighted by molar-refractivity contribution is -0.113. The molecule has 0 radical (unpaired) electrons. The van der Waals surface area contributed by atoms with Crippen LogP contribution in [0.2, 0.25) is 0 Å². The Hall–Kier alpha value is -3.17. The van der Waals surface area contributed by atoms with E-state index in [1.54, 1.807) is 38.5 Å². The third-order valence-corrected chi connectivity index (χ3v) is 7.25. The minimum atomic E-state index is -3.75. The molecule has 0 aliphatic heterocycles. The predicted octanol–water partition coefficient (Wildman–Crippen LogP) is 4.85. The van der Waals surface area contributed by atoms with Gasteiger partial charge in [0.1, 0.15) is 0 Å². The van der Waals surface area contributed by atoms with Crippen LogP contribution in [0.5, 0.6) is 11.5 Å². The first-order valence-electron chi connectivity index (χ1n) is 10.1. The Bertz CT molecular complexity index is 1220. The van der Waals surface area contributed by atoms with Crippen molar-refractivity contribution in [3.8, 4) is 11.5 Å². The van der Waals surface area contributed by atoms with Crippen LogP contribution in [0.25, 0.3) is 0 Å². The van der Waals surface area contributed by atoms with E-state index in [9.17, 15) is 13.2 Å². The maximum atomic E-state index is 12.8. The highest BCUT2D eigenvalue weighted by Crippen LogP contribution is 2.32. The number of ether oxygens (including phenoxy) is 2. The van der Waals surface area contributed by atoms with E-state index >= 15 is 0 Å². The first-order valence-corrected chi connectivity index (χ1v) is 12.5. The molecule has 0 aliphatic carbocycles. The van der Waals surface area contributed by atoms with Crippen molar-refractivity contribution in [1.29, 1.82) is 0 Å². The summed E-state index contributed by atoms with van der Waals surface area (Å²) >= 11 is 1.35. The van der Waals surface area contributed by atoms with Crippen LogP contribution in [0, 0.1) is 13.8 Å². The second-order valence-corrected chi connectivity index (χ2v) is 9.98. The van der Waals surface area contributed by atoms with E-state index in [1.807, 2.05) is 38.1 Å². The van der Waals surface area contributed by atoms with E-state index in [0.717, 1.165) is 16.0 Å². The van der Waals surface area contributed by atoms with Gasteiger partial charge in [-0.25, -0.2) is 8.42 Å². The van der Waals surface area contributed by atoms with Crippen LogP contribution in [0.3, 0.4) is 0 Å². The SMILES string of the molecule is COc1ccc(SCC(=O)Nc2ccc(S(=O)(=O)Nc3c(C)cccc3C)cc2)cc1OC.